The first-order valence-corrected chi connectivity index (χ1v) is 7.33. The van der Waals surface area contributed by atoms with Gasteiger partial charge in [-0.1, -0.05) is 0 Å². The first-order chi connectivity index (χ1) is 9.65. The smallest absolute Gasteiger partial charge is 0.264 e. The van der Waals surface area contributed by atoms with Crippen molar-refractivity contribution in [3.63, 3.8) is 0 Å². The Morgan fingerprint density at radius 2 is 1.75 bits per heavy atom. The van der Waals surface area contributed by atoms with E-state index in [-0.39, 0.29) is 10.8 Å². The molecule has 0 unspecified atom stereocenters. The Morgan fingerprint density at radius 1 is 1.05 bits per heavy atom. The summed E-state index contributed by atoms with van der Waals surface area (Å²) >= 11 is 0. The molecule has 1 aliphatic rings. The number of nitrogens with one attached hydrogen (secondary N) is 1. The molecule has 20 heavy (non-hydrogen) atoms. The molecule has 0 fully saturated rings. The number of hydrogen-bond donors (Lipinski definition) is 1. The van der Waals surface area contributed by atoms with Gasteiger partial charge in [-0.05, 0) is 18.2 Å². The van der Waals surface area contributed by atoms with Crippen molar-refractivity contribution < 1.29 is 17.9 Å². The number of benzene rings is 1. The fourth-order valence-corrected chi connectivity index (χ4v) is 2.69. The molecule has 1 aromatic heterocycles. The third kappa shape index (κ3) is 2.50. The second-order valence-electron chi connectivity index (χ2n) is 3.98. The molecule has 104 valence electrons. The van der Waals surface area contributed by atoms with Crippen molar-refractivity contribution in [3.8, 4) is 11.5 Å². The molecular formula is C12H11N3O4S. The molecule has 0 bridgehead atoms. The van der Waals surface area contributed by atoms with Gasteiger partial charge in [-0.15, -0.1) is 0 Å². The Morgan fingerprint density at radius 3 is 2.50 bits per heavy atom. The summed E-state index contributed by atoms with van der Waals surface area (Å²) in [6, 6.07) is 6.02. The molecule has 0 aliphatic carbocycles. The lowest BCUT2D eigenvalue weighted by molar-refractivity contribution is 0.171. The second kappa shape index (κ2) is 4.97. The first kappa shape index (κ1) is 12.7. The standard InChI is InChI=1S/C12H11N3O4S/c16-20(17,15-12-13-4-1-5-14-12)9-2-3-10-11(8-9)19-7-6-18-10/h1-5,8H,6-7H2,(H,13,14,15). The highest BCUT2D eigenvalue weighted by molar-refractivity contribution is 7.92. The van der Waals surface area contributed by atoms with Gasteiger partial charge in [-0.25, -0.2) is 23.1 Å². The normalized spacial score (nSPS) is 13.8. The molecule has 0 spiro atoms. The Labute approximate surface area is 115 Å². The van der Waals surface area contributed by atoms with Gasteiger partial charge in [0.1, 0.15) is 13.2 Å². The van der Waals surface area contributed by atoms with E-state index in [4.69, 9.17) is 9.47 Å². The highest BCUT2D eigenvalue weighted by atomic mass is 32.2. The van der Waals surface area contributed by atoms with Crippen molar-refractivity contribution in [1.29, 1.82) is 0 Å². The molecule has 0 saturated heterocycles. The van der Waals surface area contributed by atoms with E-state index in [0.717, 1.165) is 0 Å². The Balaban J connectivity index is 1.91. The summed E-state index contributed by atoms with van der Waals surface area (Å²) in [6.45, 7) is 0.848. The van der Waals surface area contributed by atoms with Gasteiger partial charge in [0.25, 0.3) is 10.0 Å². The molecule has 1 aromatic carbocycles. The van der Waals surface area contributed by atoms with Crippen molar-refractivity contribution in [3.05, 3.63) is 36.7 Å². The lowest BCUT2D eigenvalue weighted by atomic mass is 10.3. The van der Waals surface area contributed by atoms with Crippen LogP contribution in [-0.4, -0.2) is 31.6 Å². The summed E-state index contributed by atoms with van der Waals surface area (Å²) < 4.78 is 37.4. The van der Waals surface area contributed by atoms with Crippen LogP contribution in [0.1, 0.15) is 0 Å². The third-order valence-electron chi connectivity index (χ3n) is 2.62. The predicted molar refractivity (Wildman–Crippen MR) is 70.3 cm³/mol. The van der Waals surface area contributed by atoms with Crippen LogP contribution in [0.25, 0.3) is 0 Å². The Bertz CT molecular complexity index is 719. The largest absolute Gasteiger partial charge is 0.486 e. The van der Waals surface area contributed by atoms with Crippen LogP contribution in [0.2, 0.25) is 0 Å². The molecule has 1 aliphatic heterocycles. The molecule has 2 heterocycles. The van der Waals surface area contributed by atoms with E-state index in [0.29, 0.717) is 24.7 Å². The number of rotatable bonds is 3. The number of sulfonamides is 1. The van der Waals surface area contributed by atoms with Crippen molar-refractivity contribution in [1.82, 2.24) is 9.97 Å². The van der Waals surface area contributed by atoms with Crippen LogP contribution in [-0.2, 0) is 10.0 Å². The maximum absolute atomic E-state index is 12.2. The van der Waals surface area contributed by atoms with Crippen LogP contribution in [0.3, 0.4) is 0 Å². The van der Waals surface area contributed by atoms with E-state index >= 15 is 0 Å². The molecule has 0 amide bonds. The zero-order valence-electron chi connectivity index (χ0n) is 10.3. The number of aromatic nitrogens is 2. The predicted octanol–water partition coefficient (Wildman–Crippen LogP) is 1.05. The zero-order chi connectivity index (χ0) is 14.0. The zero-order valence-corrected chi connectivity index (χ0v) is 11.1. The van der Waals surface area contributed by atoms with Crippen LogP contribution in [0.4, 0.5) is 5.95 Å². The molecule has 0 atom stereocenters. The molecular weight excluding hydrogens is 282 g/mol. The van der Waals surface area contributed by atoms with Gasteiger partial charge in [-0.2, -0.15) is 0 Å². The summed E-state index contributed by atoms with van der Waals surface area (Å²) in [5.41, 5.74) is 0. The molecule has 0 saturated carbocycles. The van der Waals surface area contributed by atoms with Crippen molar-refractivity contribution in [2.45, 2.75) is 4.90 Å². The number of nitrogens with zero attached hydrogens (tertiary/aromatic N) is 2. The number of ether oxygens (including phenoxy) is 2. The number of fused-ring (bicyclic) bond motifs is 1. The first-order valence-electron chi connectivity index (χ1n) is 5.85. The summed E-state index contributed by atoms with van der Waals surface area (Å²) in [7, 11) is -3.76. The van der Waals surface area contributed by atoms with Crippen LogP contribution < -0.4 is 14.2 Å². The molecule has 2 aromatic rings. The van der Waals surface area contributed by atoms with Crippen LogP contribution in [0, 0.1) is 0 Å². The summed E-state index contributed by atoms with van der Waals surface area (Å²) in [5.74, 6) is 0.960. The quantitative estimate of drug-likeness (QED) is 0.909. The molecule has 1 N–H and O–H groups in total. The average molecular weight is 293 g/mol. The average Bonchev–Trinajstić information content (AvgIpc) is 2.47. The van der Waals surface area contributed by atoms with E-state index in [1.165, 1.54) is 24.5 Å². The minimum atomic E-state index is -3.76. The van der Waals surface area contributed by atoms with E-state index in [1.54, 1.807) is 12.1 Å². The van der Waals surface area contributed by atoms with Gasteiger partial charge in [0.2, 0.25) is 5.95 Å². The second-order valence-corrected chi connectivity index (χ2v) is 5.67. The maximum Gasteiger partial charge on any atom is 0.264 e. The van der Waals surface area contributed by atoms with E-state index in [9.17, 15) is 8.42 Å². The Kier molecular flexibility index (Phi) is 3.15. The monoisotopic (exact) mass is 293 g/mol. The van der Waals surface area contributed by atoms with E-state index in [1.807, 2.05) is 0 Å². The van der Waals surface area contributed by atoms with Crippen LogP contribution >= 0.6 is 0 Å². The summed E-state index contributed by atoms with van der Waals surface area (Å²) in [5, 5.41) is 0. The lowest BCUT2D eigenvalue weighted by Gasteiger charge is -2.18. The highest BCUT2D eigenvalue weighted by Gasteiger charge is 2.20. The third-order valence-corrected chi connectivity index (χ3v) is 3.94. The molecule has 3 rings (SSSR count). The topological polar surface area (TPSA) is 90.4 Å². The van der Waals surface area contributed by atoms with Crippen LogP contribution in [0.5, 0.6) is 11.5 Å². The molecule has 0 radical (unpaired) electrons. The minimum absolute atomic E-state index is 0.0161. The van der Waals surface area contributed by atoms with Crippen molar-refractivity contribution in [2.75, 3.05) is 17.9 Å². The summed E-state index contributed by atoms with van der Waals surface area (Å²) in [4.78, 5) is 7.70. The van der Waals surface area contributed by atoms with Crippen molar-refractivity contribution >= 4 is 16.0 Å². The molecule has 8 heteroatoms. The van der Waals surface area contributed by atoms with Crippen molar-refractivity contribution in [2.24, 2.45) is 0 Å². The number of hydrogen-bond acceptors (Lipinski definition) is 6. The number of anilines is 1. The van der Waals surface area contributed by atoms with Gasteiger partial charge in [0, 0.05) is 18.5 Å². The highest BCUT2D eigenvalue weighted by Crippen LogP contribution is 2.32. The Hall–Kier alpha value is -2.35. The SMILES string of the molecule is O=S(=O)(Nc1ncccn1)c1ccc2c(c1)OCCO2. The fraction of sp³-hybridized carbons (Fsp3) is 0.167. The summed E-state index contributed by atoms with van der Waals surface area (Å²) in [6.07, 6.45) is 2.91. The van der Waals surface area contributed by atoms with Gasteiger partial charge in [-0.3, -0.25) is 0 Å². The van der Waals surface area contributed by atoms with Gasteiger partial charge in [0.15, 0.2) is 11.5 Å². The minimum Gasteiger partial charge on any atom is -0.486 e. The maximum atomic E-state index is 12.2. The van der Waals surface area contributed by atoms with E-state index in [2.05, 4.69) is 14.7 Å². The van der Waals surface area contributed by atoms with Crippen LogP contribution in [0.15, 0.2) is 41.6 Å². The van der Waals surface area contributed by atoms with Gasteiger partial charge < -0.3 is 9.47 Å². The lowest BCUT2D eigenvalue weighted by Crippen LogP contribution is -2.18. The fourth-order valence-electron chi connectivity index (χ4n) is 1.72. The van der Waals surface area contributed by atoms with Gasteiger partial charge in [0.05, 0.1) is 4.90 Å². The van der Waals surface area contributed by atoms with Gasteiger partial charge >= 0.3 is 0 Å². The molecule has 7 nitrogen and oxygen atoms in total. The van der Waals surface area contributed by atoms with E-state index < -0.39 is 10.0 Å².